The highest BCUT2D eigenvalue weighted by Gasteiger charge is 2.42. The second kappa shape index (κ2) is 8.73. The molecule has 2 heterocycles. The molecule has 31 heavy (non-hydrogen) atoms. The average Bonchev–Trinajstić information content (AvgIpc) is 2.78. The van der Waals surface area contributed by atoms with Gasteiger partial charge >= 0.3 is 6.18 Å². The van der Waals surface area contributed by atoms with Gasteiger partial charge in [-0.05, 0) is 56.6 Å². The van der Waals surface area contributed by atoms with Gasteiger partial charge in [-0.15, -0.1) is 0 Å². The zero-order valence-electron chi connectivity index (χ0n) is 17.5. The molecule has 2 unspecified atom stereocenters. The molecule has 2 saturated heterocycles. The molecule has 2 atom stereocenters. The van der Waals surface area contributed by atoms with Crippen LogP contribution in [0.4, 0.5) is 13.2 Å². The average molecular weight is 459 g/mol. The number of sulfonamides is 1. The van der Waals surface area contributed by atoms with Gasteiger partial charge in [0.2, 0.25) is 15.9 Å². The number of nitrogens with zero attached hydrogens (tertiary/aromatic N) is 2. The molecule has 1 saturated carbocycles. The summed E-state index contributed by atoms with van der Waals surface area (Å²) in [6.07, 6.45) is 2.70. The van der Waals surface area contributed by atoms with Crippen LogP contribution in [0.25, 0.3) is 0 Å². The van der Waals surface area contributed by atoms with Gasteiger partial charge < -0.3 is 4.90 Å². The van der Waals surface area contributed by atoms with Crippen LogP contribution in [0.2, 0.25) is 0 Å². The minimum atomic E-state index is -4.75. The summed E-state index contributed by atoms with van der Waals surface area (Å²) in [6.45, 7) is 0.886. The van der Waals surface area contributed by atoms with Crippen LogP contribution in [0.5, 0.6) is 0 Å². The zero-order valence-corrected chi connectivity index (χ0v) is 18.3. The molecule has 0 aromatic heterocycles. The maximum absolute atomic E-state index is 13.3. The van der Waals surface area contributed by atoms with E-state index in [0.717, 1.165) is 42.2 Å². The van der Waals surface area contributed by atoms with Gasteiger partial charge in [-0.1, -0.05) is 25.0 Å². The normalized spacial score (nSPS) is 26.5. The van der Waals surface area contributed by atoms with Gasteiger partial charge in [0.15, 0.2) is 0 Å². The number of halogens is 3. The molecule has 4 rings (SSSR count). The van der Waals surface area contributed by atoms with Crippen LogP contribution in [0.15, 0.2) is 29.2 Å². The molecule has 1 amide bonds. The molecule has 2 aliphatic heterocycles. The van der Waals surface area contributed by atoms with Gasteiger partial charge in [0.25, 0.3) is 0 Å². The van der Waals surface area contributed by atoms with E-state index in [2.05, 4.69) is 0 Å². The molecule has 0 spiro atoms. The van der Waals surface area contributed by atoms with Crippen molar-refractivity contribution in [2.45, 2.75) is 68.5 Å². The van der Waals surface area contributed by atoms with Gasteiger partial charge in [-0.3, -0.25) is 4.79 Å². The van der Waals surface area contributed by atoms with Gasteiger partial charge in [0, 0.05) is 31.6 Å². The maximum Gasteiger partial charge on any atom is 0.417 e. The van der Waals surface area contributed by atoms with E-state index in [1.54, 1.807) is 0 Å². The van der Waals surface area contributed by atoms with Gasteiger partial charge in [0.05, 0.1) is 10.5 Å². The molecule has 0 bridgehead atoms. The first kappa shape index (κ1) is 22.6. The Morgan fingerprint density at radius 1 is 0.903 bits per heavy atom. The molecule has 3 aliphatic rings. The largest absolute Gasteiger partial charge is 0.417 e. The monoisotopic (exact) mass is 458 g/mol. The third-order valence-electron chi connectivity index (χ3n) is 7.14. The van der Waals surface area contributed by atoms with E-state index in [0.29, 0.717) is 24.8 Å². The molecule has 0 N–H and O–H groups in total. The second-order valence-electron chi connectivity index (χ2n) is 8.96. The molecule has 0 radical (unpaired) electrons. The lowest BCUT2D eigenvalue weighted by Crippen LogP contribution is -2.53. The lowest BCUT2D eigenvalue weighted by Gasteiger charge is -2.46. The van der Waals surface area contributed by atoms with E-state index >= 15 is 0 Å². The summed E-state index contributed by atoms with van der Waals surface area (Å²) in [6, 6.07) is 4.58. The van der Waals surface area contributed by atoms with E-state index < -0.39 is 26.7 Å². The van der Waals surface area contributed by atoms with E-state index in [4.69, 9.17) is 0 Å². The molecule has 3 fully saturated rings. The number of hydrogen-bond donors (Lipinski definition) is 0. The number of fused-ring (bicyclic) bond motifs is 1. The Morgan fingerprint density at radius 3 is 2.26 bits per heavy atom. The quantitative estimate of drug-likeness (QED) is 0.679. The van der Waals surface area contributed by atoms with E-state index in [9.17, 15) is 26.4 Å². The Morgan fingerprint density at radius 2 is 1.55 bits per heavy atom. The van der Waals surface area contributed by atoms with E-state index in [1.165, 1.54) is 31.4 Å². The first-order chi connectivity index (χ1) is 14.7. The Hall–Kier alpha value is -1.61. The Labute approximate surface area is 181 Å². The molecular formula is C22H29F3N2O3S. The summed E-state index contributed by atoms with van der Waals surface area (Å²) >= 11 is 0. The number of piperidine rings is 2. The highest BCUT2D eigenvalue weighted by molar-refractivity contribution is 7.89. The predicted octanol–water partition coefficient (Wildman–Crippen LogP) is 4.29. The lowest BCUT2D eigenvalue weighted by molar-refractivity contribution is -0.143. The number of hydrogen-bond acceptors (Lipinski definition) is 3. The third kappa shape index (κ3) is 4.49. The molecule has 5 nitrogen and oxygen atoms in total. The summed E-state index contributed by atoms with van der Waals surface area (Å²) < 4.78 is 67.0. The van der Waals surface area contributed by atoms with Crippen molar-refractivity contribution < 1.29 is 26.4 Å². The number of likely N-dealkylation sites (tertiary alicyclic amines) is 1. The Balaban J connectivity index is 1.45. The summed E-state index contributed by atoms with van der Waals surface area (Å²) in [4.78, 5) is 14.5. The fraction of sp³-hybridized carbons (Fsp3) is 0.682. The lowest BCUT2D eigenvalue weighted by atomic mass is 9.77. The Bertz CT molecular complexity index is 909. The summed E-state index contributed by atoms with van der Waals surface area (Å²) in [5.41, 5.74) is -1.15. The molecule has 172 valence electrons. The van der Waals surface area contributed by atoms with Crippen molar-refractivity contribution in [3.05, 3.63) is 29.8 Å². The summed E-state index contributed by atoms with van der Waals surface area (Å²) in [5.74, 6) is 0.417. The fourth-order valence-electron chi connectivity index (χ4n) is 5.54. The third-order valence-corrected chi connectivity index (χ3v) is 9.10. The zero-order chi connectivity index (χ0) is 22.2. The number of rotatable bonds is 3. The first-order valence-electron chi connectivity index (χ1n) is 11.2. The van der Waals surface area contributed by atoms with Crippen LogP contribution < -0.4 is 0 Å². The van der Waals surface area contributed by atoms with Crippen molar-refractivity contribution >= 4 is 15.9 Å². The van der Waals surface area contributed by atoms with Gasteiger partial charge in [-0.25, -0.2) is 8.42 Å². The molecule has 1 aromatic carbocycles. The van der Waals surface area contributed by atoms with Crippen LogP contribution in [0.3, 0.4) is 0 Å². The van der Waals surface area contributed by atoms with Crippen LogP contribution in [-0.2, 0) is 21.0 Å². The van der Waals surface area contributed by atoms with Crippen molar-refractivity contribution in [2.24, 2.45) is 11.8 Å². The van der Waals surface area contributed by atoms with Crippen molar-refractivity contribution in [2.75, 3.05) is 19.6 Å². The fourth-order valence-corrected chi connectivity index (χ4v) is 7.22. The maximum atomic E-state index is 13.3. The van der Waals surface area contributed by atoms with Gasteiger partial charge in [-0.2, -0.15) is 17.5 Å². The van der Waals surface area contributed by atoms with Gasteiger partial charge in [0.1, 0.15) is 0 Å². The standard InChI is InChI=1S/C22H29F3N2O3S/c23-22(24,25)18-8-2-4-10-20(18)31(29,30)26-14-11-17(12-15-26)21(28)27-13-5-7-16-6-1-3-9-19(16)27/h2,4,8,10,16-17,19H,1,3,5-7,9,11-15H2. The highest BCUT2D eigenvalue weighted by Crippen LogP contribution is 2.38. The topological polar surface area (TPSA) is 57.7 Å². The van der Waals surface area contributed by atoms with Crippen LogP contribution in [0, 0.1) is 11.8 Å². The van der Waals surface area contributed by atoms with Crippen LogP contribution in [-0.4, -0.2) is 49.2 Å². The van der Waals surface area contributed by atoms with Crippen molar-refractivity contribution in [3.8, 4) is 0 Å². The number of carbonyl (C=O) groups is 1. The van der Waals surface area contributed by atoms with Crippen molar-refractivity contribution in [1.29, 1.82) is 0 Å². The van der Waals surface area contributed by atoms with Crippen LogP contribution in [0.1, 0.15) is 56.9 Å². The molecule has 1 aliphatic carbocycles. The highest BCUT2D eigenvalue weighted by atomic mass is 32.2. The van der Waals surface area contributed by atoms with E-state index in [-0.39, 0.29) is 24.9 Å². The summed E-state index contributed by atoms with van der Waals surface area (Å²) in [5, 5.41) is 0. The van der Waals surface area contributed by atoms with Crippen molar-refractivity contribution in [3.63, 3.8) is 0 Å². The predicted molar refractivity (Wildman–Crippen MR) is 110 cm³/mol. The minimum Gasteiger partial charge on any atom is -0.339 e. The minimum absolute atomic E-state index is 0.0624. The number of carbonyl (C=O) groups excluding carboxylic acids is 1. The SMILES string of the molecule is O=C(C1CCN(S(=O)(=O)c2ccccc2C(F)(F)F)CC1)N1CCCC2CCCCC21. The second-order valence-corrected chi connectivity index (χ2v) is 10.9. The number of amides is 1. The number of alkyl halides is 3. The molecule has 9 heteroatoms. The smallest absolute Gasteiger partial charge is 0.339 e. The summed E-state index contributed by atoms with van der Waals surface area (Å²) in [7, 11) is -4.28. The number of benzene rings is 1. The molecular weight excluding hydrogens is 429 g/mol. The van der Waals surface area contributed by atoms with E-state index in [1.807, 2.05) is 4.90 Å². The first-order valence-corrected chi connectivity index (χ1v) is 12.6. The molecule has 1 aromatic rings. The van der Waals surface area contributed by atoms with Crippen LogP contribution >= 0.6 is 0 Å². The Kier molecular flexibility index (Phi) is 6.36. The van der Waals surface area contributed by atoms with Crippen molar-refractivity contribution in [1.82, 2.24) is 9.21 Å².